The standard InChI is InChI=1S/C16H15BrO3/c17-14-8-4-7-13(9-14)15(16(18)19)11-20-10-12-5-2-1-3-6-12/h1-9,15H,10-11H2,(H,18,19). The van der Waals surface area contributed by atoms with Crippen LogP contribution >= 0.6 is 15.9 Å². The van der Waals surface area contributed by atoms with Gasteiger partial charge in [0.25, 0.3) is 0 Å². The molecule has 2 aromatic carbocycles. The predicted molar refractivity (Wildman–Crippen MR) is 80.6 cm³/mol. The zero-order valence-corrected chi connectivity index (χ0v) is 12.4. The number of carboxylic acid groups (broad SMARTS) is 1. The van der Waals surface area contributed by atoms with Gasteiger partial charge in [0.2, 0.25) is 0 Å². The molecule has 0 heterocycles. The largest absolute Gasteiger partial charge is 0.481 e. The van der Waals surface area contributed by atoms with Crippen molar-refractivity contribution in [1.29, 1.82) is 0 Å². The van der Waals surface area contributed by atoms with Crippen LogP contribution in [0.4, 0.5) is 0 Å². The number of aliphatic carboxylic acids is 1. The molecule has 0 bridgehead atoms. The molecule has 0 radical (unpaired) electrons. The van der Waals surface area contributed by atoms with Gasteiger partial charge in [-0.3, -0.25) is 4.79 Å². The average molecular weight is 335 g/mol. The third-order valence-corrected chi connectivity index (χ3v) is 3.44. The van der Waals surface area contributed by atoms with Gasteiger partial charge in [-0.05, 0) is 23.3 Å². The molecule has 0 aromatic heterocycles. The molecule has 2 rings (SSSR count). The van der Waals surface area contributed by atoms with Crippen molar-refractivity contribution in [3.63, 3.8) is 0 Å². The maximum Gasteiger partial charge on any atom is 0.313 e. The Kier molecular flexibility index (Phi) is 5.32. The van der Waals surface area contributed by atoms with Crippen molar-refractivity contribution < 1.29 is 14.6 Å². The fraction of sp³-hybridized carbons (Fsp3) is 0.188. The topological polar surface area (TPSA) is 46.5 Å². The monoisotopic (exact) mass is 334 g/mol. The van der Waals surface area contributed by atoms with E-state index in [0.717, 1.165) is 15.6 Å². The third kappa shape index (κ3) is 4.18. The lowest BCUT2D eigenvalue weighted by Crippen LogP contribution is -2.17. The summed E-state index contributed by atoms with van der Waals surface area (Å²) in [4.78, 5) is 11.4. The number of halogens is 1. The molecule has 3 nitrogen and oxygen atoms in total. The molecule has 1 N–H and O–H groups in total. The fourth-order valence-corrected chi connectivity index (χ4v) is 2.32. The number of carboxylic acids is 1. The molecule has 0 aliphatic rings. The van der Waals surface area contributed by atoms with E-state index in [4.69, 9.17) is 4.74 Å². The van der Waals surface area contributed by atoms with Gasteiger partial charge >= 0.3 is 5.97 Å². The van der Waals surface area contributed by atoms with Gasteiger partial charge in [-0.1, -0.05) is 58.4 Å². The Morgan fingerprint density at radius 3 is 2.55 bits per heavy atom. The first-order valence-corrected chi connectivity index (χ1v) is 7.06. The molecule has 20 heavy (non-hydrogen) atoms. The van der Waals surface area contributed by atoms with E-state index in [1.807, 2.05) is 48.5 Å². The summed E-state index contributed by atoms with van der Waals surface area (Å²) in [6.07, 6.45) is 0. The van der Waals surface area contributed by atoms with Crippen LogP contribution in [0.1, 0.15) is 17.0 Å². The van der Waals surface area contributed by atoms with Crippen LogP contribution in [0.3, 0.4) is 0 Å². The average Bonchev–Trinajstić information content (AvgIpc) is 2.44. The SMILES string of the molecule is O=C(O)C(COCc1ccccc1)c1cccc(Br)c1. The van der Waals surface area contributed by atoms with E-state index >= 15 is 0 Å². The Morgan fingerprint density at radius 1 is 1.15 bits per heavy atom. The van der Waals surface area contributed by atoms with Crippen molar-refractivity contribution in [3.05, 3.63) is 70.2 Å². The second-order valence-electron chi connectivity index (χ2n) is 4.45. The number of carbonyl (C=O) groups is 1. The van der Waals surface area contributed by atoms with Crippen LogP contribution < -0.4 is 0 Å². The van der Waals surface area contributed by atoms with Crippen LogP contribution in [0, 0.1) is 0 Å². The first-order valence-electron chi connectivity index (χ1n) is 6.27. The van der Waals surface area contributed by atoms with Crippen molar-refractivity contribution in [2.24, 2.45) is 0 Å². The van der Waals surface area contributed by atoms with E-state index in [0.29, 0.717) is 6.61 Å². The van der Waals surface area contributed by atoms with Gasteiger partial charge < -0.3 is 9.84 Å². The Morgan fingerprint density at radius 2 is 1.90 bits per heavy atom. The Bertz CT molecular complexity index is 569. The van der Waals surface area contributed by atoms with Gasteiger partial charge in [0.15, 0.2) is 0 Å². The molecule has 0 aliphatic heterocycles. The molecule has 1 atom stereocenters. The highest BCUT2D eigenvalue weighted by molar-refractivity contribution is 9.10. The lowest BCUT2D eigenvalue weighted by Gasteiger charge is -2.13. The summed E-state index contributed by atoms with van der Waals surface area (Å²) in [5.74, 6) is -1.53. The first kappa shape index (κ1) is 14.8. The molecular weight excluding hydrogens is 320 g/mol. The van der Waals surface area contributed by atoms with Gasteiger partial charge in [-0.25, -0.2) is 0 Å². The summed E-state index contributed by atoms with van der Waals surface area (Å²) in [7, 11) is 0. The number of ether oxygens (including phenoxy) is 1. The molecule has 1 unspecified atom stereocenters. The summed E-state index contributed by atoms with van der Waals surface area (Å²) in [5.41, 5.74) is 1.77. The Labute approximate surface area is 126 Å². The highest BCUT2D eigenvalue weighted by Crippen LogP contribution is 2.21. The second kappa shape index (κ2) is 7.22. The summed E-state index contributed by atoms with van der Waals surface area (Å²) in [5, 5.41) is 9.32. The molecule has 0 saturated carbocycles. The lowest BCUT2D eigenvalue weighted by atomic mass is 10.0. The van der Waals surface area contributed by atoms with Crippen LogP contribution in [0.2, 0.25) is 0 Å². The van der Waals surface area contributed by atoms with E-state index in [2.05, 4.69) is 15.9 Å². The van der Waals surface area contributed by atoms with Crippen molar-refractivity contribution in [2.75, 3.05) is 6.61 Å². The lowest BCUT2D eigenvalue weighted by molar-refractivity contribution is -0.140. The van der Waals surface area contributed by atoms with Gasteiger partial charge in [-0.15, -0.1) is 0 Å². The minimum atomic E-state index is -0.879. The minimum Gasteiger partial charge on any atom is -0.481 e. The molecule has 2 aromatic rings. The van der Waals surface area contributed by atoms with Crippen molar-refractivity contribution >= 4 is 21.9 Å². The molecular formula is C16H15BrO3. The molecule has 4 heteroatoms. The maximum absolute atomic E-state index is 11.4. The van der Waals surface area contributed by atoms with E-state index in [-0.39, 0.29) is 6.61 Å². The van der Waals surface area contributed by atoms with Crippen LogP contribution in [0.25, 0.3) is 0 Å². The summed E-state index contributed by atoms with van der Waals surface area (Å²) >= 11 is 3.35. The van der Waals surface area contributed by atoms with E-state index in [1.165, 1.54) is 0 Å². The summed E-state index contributed by atoms with van der Waals surface area (Å²) < 4.78 is 6.41. The molecule has 104 valence electrons. The highest BCUT2D eigenvalue weighted by atomic mass is 79.9. The van der Waals surface area contributed by atoms with E-state index in [9.17, 15) is 9.90 Å². The summed E-state index contributed by atoms with van der Waals surface area (Å²) in [6.45, 7) is 0.569. The fourth-order valence-electron chi connectivity index (χ4n) is 1.90. The van der Waals surface area contributed by atoms with Gasteiger partial charge in [0, 0.05) is 4.47 Å². The van der Waals surface area contributed by atoms with Crippen LogP contribution in [-0.4, -0.2) is 17.7 Å². The van der Waals surface area contributed by atoms with Crippen LogP contribution in [-0.2, 0) is 16.1 Å². The number of hydrogen-bond donors (Lipinski definition) is 1. The van der Waals surface area contributed by atoms with Crippen molar-refractivity contribution in [2.45, 2.75) is 12.5 Å². The smallest absolute Gasteiger partial charge is 0.313 e. The Hall–Kier alpha value is -1.65. The van der Waals surface area contributed by atoms with Gasteiger partial charge in [0.1, 0.15) is 5.92 Å². The normalized spacial score (nSPS) is 12.1. The minimum absolute atomic E-state index is 0.153. The molecule has 0 amide bonds. The first-order chi connectivity index (χ1) is 9.66. The Balaban J connectivity index is 1.98. The zero-order chi connectivity index (χ0) is 14.4. The number of benzene rings is 2. The van der Waals surface area contributed by atoms with E-state index in [1.54, 1.807) is 6.07 Å². The zero-order valence-electron chi connectivity index (χ0n) is 10.8. The van der Waals surface area contributed by atoms with Crippen LogP contribution in [0.15, 0.2) is 59.1 Å². The molecule has 0 fully saturated rings. The number of hydrogen-bond acceptors (Lipinski definition) is 2. The predicted octanol–water partition coefficient (Wildman–Crippen LogP) is 3.83. The third-order valence-electron chi connectivity index (χ3n) is 2.95. The molecule has 0 spiro atoms. The van der Waals surface area contributed by atoms with Crippen molar-refractivity contribution in [1.82, 2.24) is 0 Å². The molecule has 0 saturated heterocycles. The summed E-state index contributed by atoms with van der Waals surface area (Å²) in [6, 6.07) is 17.0. The van der Waals surface area contributed by atoms with Gasteiger partial charge in [-0.2, -0.15) is 0 Å². The van der Waals surface area contributed by atoms with Gasteiger partial charge in [0.05, 0.1) is 13.2 Å². The number of rotatable bonds is 6. The van der Waals surface area contributed by atoms with E-state index < -0.39 is 11.9 Å². The quantitative estimate of drug-likeness (QED) is 0.873. The van der Waals surface area contributed by atoms with Crippen molar-refractivity contribution in [3.8, 4) is 0 Å². The maximum atomic E-state index is 11.4. The van der Waals surface area contributed by atoms with Crippen LogP contribution in [0.5, 0.6) is 0 Å². The molecule has 0 aliphatic carbocycles. The second-order valence-corrected chi connectivity index (χ2v) is 5.36. The highest BCUT2D eigenvalue weighted by Gasteiger charge is 2.20.